The fraction of sp³-hybridized carbons (Fsp3) is 0.304. The molecule has 4 rings (SSSR count). The van der Waals surface area contributed by atoms with E-state index in [9.17, 15) is 0 Å². The van der Waals surface area contributed by atoms with Crippen molar-refractivity contribution in [1.82, 2.24) is 5.32 Å². The number of nitrogens with one attached hydrogen (secondary N) is 1. The second-order valence-corrected chi connectivity index (χ2v) is 7.80. The molecule has 2 aliphatic heterocycles. The van der Waals surface area contributed by atoms with Crippen LogP contribution in [-0.2, 0) is 10.2 Å². The monoisotopic (exact) mass is 393 g/mol. The lowest BCUT2D eigenvalue weighted by atomic mass is 9.68. The van der Waals surface area contributed by atoms with Crippen LogP contribution in [0.1, 0.15) is 30.9 Å². The standard InChI is InChI=1S/C23H24ClN3O/c1-17-16-28-15-10-22(17)27-26-21-8-4-19(5-9-21)23(11-13-25-14-12-23)18-2-6-20(24)7-3-18/h2-10,15,25H,11-14,16H2,1H3. The number of piperidine rings is 1. The molecule has 1 fully saturated rings. The summed E-state index contributed by atoms with van der Waals surface area (Å²) >= 11 is 6.12. The van der Waals surface area contributed by atoms with Gasteiger partial charge >= 0.3 is 0 Å². The molecule has 0 aliphatic carbocycles. The van der Waals surface area contributed by atoms with E-state index in [1.807, 2.05) is 25.1 Å². The van der Waals surface area contributed by atoms with E-state index in [2.05, 4.69) is 51.9 Å². The Morgan fingerprint density at radius 3 is 2.21 bits per heavy atom. The predicted molar refractivity (Wildman–Crippen MR) is 113 cm³/mol. The SMILES string of the molecule is CC1=C(N=Nc2ccc(C3(c4ccc(Cl)cc4)CCNCC3)cc2)C=COC1. The molecule has 1 saturated heterocycles. The number of nitrogens with zero attached hydrogens (tertiary/aromatic N) is 2. The largest absolute Gasteiger partial charge is 0.497 e. The lowest BCUT2D eigenvalue weighted by Crippen LogP contribution is -2.40. The topological polar surface area (TPSA) is 46.0 Å². The van der Waals surface area contributed by atoms with E-state index in [1.54, 1.807) is 6.26 Å². The van der Waals surface area contributed by atoms with Crippen LogP contribution >= 0.6 is 11.6 Å². The van der Waals surface area contributed by atoms with Gasteiger partial charge in [0, 0.05) is 16.5 Å². The molecule has 2 aromatic rings. The molecular formula is C23H24ClN3O. The van der Waals surface area contributed by atoms with Crippen molar-refractivity contribution in [3.05, 3.63) is 88.3 Å². The van der Waals surface area contributed by atoms with Crippen molar-refractivity contribution in [3.63, 3.8) is 0 Å². The summed E-state index contributed by atoms with van der Waals surface area (Å²) in [7, 11) is 0. The number of ether oxygens (including phenoxy) is 1. The van der Waals surface area contributed by atoms with Gasteiger partial charge in [-0.25, -0.2) is 0 Å². The molecule has 0 atom stereocenters. The quantitative estimate of drug-likeness (QED) is 0.656. The molecule has 0 aromatic heterocycles. The van der Waals surface area contributed by atoms with Gasteiger partial charge in [-0.05, 0) is 73.8 Å². The Kier molecular flexibility index (Phi) is 5.60. The summed E-state index contributed by atoms with van der Waals surface area (Å²) in [6.45, 7) is 4.59. The minimum atomic E-state index is 0.00801. The van der Waals surface area contributed by atoms with Crippen LogP contribution in [-0.4, -0.2) is 19.7 Å². The normalized spacial score (nSPS) is 19.1. The zero-order chi connectivity index (χ0) is 19.4. The van der Waals surface area contributed by atoms with Gasteiger partial charge in [0.15, 0.2) is 0 Å². The van der Waals surface area contributed by atoms with E-state index >= 15 is 0 Å². The Bertz CT molecular complexity index is 908. The molecule has 1 N–H and O–H groups in total. The fourth-order valence-electron chi connectivity index (χ4n) is 3.95. The first-order valence-corrected chi connectivity index (χ1v) is 10.0. The summed E-state index contributed by atoms with van der Waals surface area (Å²) < 4.78 is 5.25. The van der Waals surface area contributed by atoms with Crippen LogP contribution in [0.3, 0.4) is 0 Å². The molecule has 0 unspecified atom stereocenters. The summed E-state index contributed by atoms with van der Waals surface area (Å²) in [5, 5.41) is 13.0. The van der Waals surface area contributed by atoms with Crippen molar-refractivity contribution in [1.29, 1.82) is 0 Å². The summed E-state index contributed by atoms with van der Waals surface area (Å²) in [6.07, 6.45) is 5.64. The first-order chi connectivity index (χ1) is 13.7. The molecule has 4 nitrogen and oxygen atoms in total. The van der Waals surface area contributed by atoms with Crippen molar-refractivity contribution in [3.8, 4) is 0 Å². The van der Waals surface area contributed by atoms with E-state index in [-0.39, 0.29) is 5.41 Å². The molecule has 28 heavy (non-hydrogen) atoms. The van der Waals surface area contributed by atoms with Gasteiger partial charge in [-0.2, -0.15) is 10.2 Å². The van der Waals surface area contributed by atoms with E-state index < -0.39 is 0 Å². The summed E-state index contributed by atoms with van der Waals surface area (Å²) in [6, 6.07) is 16.8. The fourth-order valence-corrected chi connectivity index (χ4v) is 4.07. The number of rotatable bonds is 4. The Morgan fingerprint density at radius 1 is 0.929 bits per heavy atom. The molecule has 0 spiro atoms. The number of azo groups is 1. The highest BCUT2D eigenvalue weighted by Crippen LogP contribution is 2.41. The highest BCUT2D eigenvalue weighted by molar-refractivity contribution is 6.30. The van der Waals surface area contributed by atoms with E-state index in [0.717, 1.165) is 47.9 Å². The highest BCUT2D eigenvalue weighted by Gasteiger charge is 2.35. The summed E-state index contributed by atoms with van der Waals surface area (Å²) in [5.41, 5.74) is 5.45. The Morgan fingerprint density at radius 2 is 1.57 bits per heavy atom. The number of benzene rings is 2. The van der Waals surface area contributed by atoms with Gasteiger partial charge in [0.1, 0.15) is 6.61 Å². The van der Waals surface area contributed by atoms with E-state index in [0.29, 0.717) is 6.61 Å². The molecule has 0 saturated carbocycles. The Labute approximate surface area is 171 Å². The molecule has 2 heterocycles. The van der Waals surface area contributed by atoms with Crippen LogP contribution in [0, 0.1) is 0 Å². The molecule has 0 radical (unpaired) electrons. The first-order valence-electron chi connectivity index (χ1n) is 9.64. The highest BCUT2D eigenvalue weighted by atomic mass is 35.5. The van der Waals surface area contributed by atoms with Crippen LogP contribution in [0.25, 0.3) is 0 Å². The van der Waals surface area contributed by atoms with Gasteiger partial charge < -0.3 is 10.1 Å². The number of halogens is 1. The molecule has 0 bridgehead atoms. The second-order valence-electron chi connectivity index (χ2n) is 7.37. The maximum atomic E-state index is 6.12. The zero-order valence-corrected chi connectivity index (χ0v) is 16.7. The van der Waals surface area contributed by atoms with Gasteiger partial charge in [-0.15, -0.1) is 0 Å². The number of allylic oxidation sites excluding steroid dienone is 1. The third-order valence-electron chi connectivity index (χ3n) is 5.61. The summed E-state index contributed by atoms with van der Waals surface area (Å²) in [5.74, 6) is 0. The average Bonchev–Trinajstić information content (AvgIpc) is 2.74. The molecule has 0 amide bonds. The van der Waals surface area contributed by atoms with Crippen molar-refractivity contribution in [2.75, 3.05) is 19.7 Å². The van der Waals surface area contributed by atoms with E-state index in [4.69, 9.17) is 16.3 Å². The molecule has 144 valence electrons. The predicted octanol–water partition coefficient (Wildman–Crippen LogP) is 5.91. The van der Waals surface area contributed by atoms with Gasteiger partial charge in [-0.1, -0.05) is 35.9 Å². The maximum Gasteiger partial charge on any atom is 0.111 e. The van der Waals surface area contributed by atoms with Crippen LogP contribution in [0.5, 0.6) is 0 Å². The van der Waals surface area contributed by atoms with Crippen LogP contribution in [0.4, 0.5) is 5.69 Å². The molecule has 5 heteroatoms. The van der Waals surface area contributed by atoms with Crippen LogP contribution in [0.15, 0.2) is 82.4 Å². The average molecular weight is 394 g/mol. The van der Waals surface area contributed by atoms with Gasteiger partial charge in [0.05, 0.1) is 17.6 Å². The lowest BCUT2D eigenvalue weighted by Gasteiger charge is -2.39. The van der Waals surface area contributed by atoms with Crippen molar-refractivity contribution in [2.24, 2.45) is 10.2 Å². The molecule has 2 aromatic carbocycles. The zero-order valence-electron chi connectivity index (χ0n) is 16.0. The Balaban J connectivity index is 1.62. The first kappa shape index (κ1) is 18.9. The van der Waals surface area contributed by atoms with Gasteiger partial charge in [-0.3, -0.25) is 0 Å². The molecular weight excluding hydrogens is 370 g/mol. The van der Waals surface area contributed by atoms with E-state index in [1.165, 1.54) is 11.1 Å². The minimum absolute atomic E-state index is 0.00801. The van der Waals surface area contributed by atoms with Crippen molar-refractivity contribution < 1.29 is 4.74 Å². The second kappa shape index (κ2) is 8.29. The smallest absolute Gasteiger partial charge is 0.111 e. The minimum Gasteiger partial charge on any atom is -0.497 e. The molecule has 2 aliphatic rings. The third-order valence-corrected chi connectivity index (χ3v) is 5.86. The van der Waals surface area contributed by atoms with Crippen molar-refractivity contribution in [2.45, 2.75) is 25.2 Å². The number of hydrogen-bond donors (Lipinski definition) is 1. The number of hydrogen-bond acceptors (Lipinski definition) is 4. The van der Waals surface area contributed by atoms with Gasteiger partial charge in [0.2, 0.25) is 0 Å². The summed E-state index contributed by atoms with van der Waals surface area (Å²) in [4.78, 5) is 0. The van der Waals surface area contributed by atoms with Gasteiger partial charge in [0.25, 0.3) is 0 Å². The lowest BCUT2D eigenvalue weighted by molar-refractivity contribution is 0.273. The maximum absolute atomic E-state index is 6.12. The third kappa shape index (κ3) is 3.89. The van der Waals surface area contributed by atoms with Crippen LogP contribution in [0.2, 0.25) is 5.02 Å². The Hall–Kier alpha value is -2.43. The van der Waals surface area contributed by atoms with Crippen molar-refractivity contribution >= 4 is 17.3 Å². The van der Waals surface area contributed by atoms with Crippen LogP contribution < -0.4 is 5.32 Å².